The van der Waals surface area contributed by atoms with Crippen LogP contribution in [0.1, 0.15) is 55.3 Å². The zero-order valence-corrected chi connectivity index (χ0v) is 16.1. The Bertz CT molecular complexity index is 746. The van der Waals surface area contributed by atoms with Gasteiger partial charge in [-0.2, -0.15) is 0 Å². The molecule has 2 amide bonds. The van der Waals surface area contributed by atoms with Crippen molar-refractivity contribution in [2.24, 2.45) is 23.7 Å². The molecule has 0 spiro atoms. The SMILES string of the molecule is O=C(O)[C@H]1C2CCC(CC2)[C@@H]1C(=O)Nc1ccc(C(=O)N2CCCCC2)cc1. The molecule has 0 unspecified atom stereocenters. The van der Waals surface area contributed by atoms with Gasteiger partial charge in [-0.05, 0) is 81.0 Å². The number of likely N-dealkylation sites (tertiary alicyclic amines) is 1. The third-order valence-electron chi connectivity index (χ3n) is 6.85. The van der Waals surface area contributed by atoms with Crippen molar-refractivity contribution in [1.29, 1.82) is 0 Å². The maximum atomic E-state index is 12.9. The second-order valence-electron chi connectivity index (χ2n) is 8.48. The highest BCUT2D eigenvalue weighted by molar-refractivity contribution is 5.97. The van der Waals surface area contributed by atoms with Gasteiger partial charge in [0, 0.05) is 24.3 Å². The van der Waals surface area contributed by atoms with Gasteiger partial charge in [0.2, 0.25) is 5.91 Å². The van der Waals surface area contributed by atoms with Crippen molar-refractivity contribution in [3.8, 4) is 0 Å². The van der Waals surface area contributed by atoms with E-state index >= 15 is 0 Å². The van der Waals surface area contributed by atoms with Crippen molar-refractivity contribution in [2.75, 3.05) is 18.4 Å². The molecule has 6 nitrogen and oxygen atoms in total. The van der Waals surface area contributed by atoms with Crippen molar-refractivity contribution < 1.29 is 19.5 Å². The Morgan fingerprint density at radius 3 is 2.00 bits per heavy atom. The summed E-state index contributed by atoms with van der Waals surface area (Å²) in [7, 11) is 0. The van der Waals surface area contributed by atoms with Gasteiger partial charge >= 0.3 is 5.97 Å². The Hall–Kier alpha value is -2.37. The van der Waals surface area contributed by atoms with E-state index in [2.05, 4.69) is 5.32 Å². The van der Waals surface area contributed by atoms with Crippen LogP contribution in [-0.4, -0.2) is 40.9 Å². The number of piperidine rings is 1. The van der Waals surface area contributed by atoms with E-state index in [1.807, 2.05) is 4.90 Å². The number of hydrogen-bond donors (Lipinski definition) is 2. The number of carboxylic acid groups (broad SMARTS) is 1. The molecule has 28 heavy (non-hydrogen) atoms. The number of fused-ring (bicyclic) bond motifs is 3. The largest absolute Gasteiger partial charge is 0.481 e. The molecule has 1 aromatic carbocycles. The van der Waals surface area contributed by atoms with E-state index in [0.717, 1.165) is 51.6 Å². The van der Waals surface area contributed by atoms with Crippen LogP contribution in [-0.2, 0) is 9.59 Å². The van der Waals surface area contributed by atoms with Crippen LogP contribution in [0.25, 0.3) is 0 Å². The van der Waals surface area contributed by atoms with Crippen LogP contribution in [0, 0.1) is 23.7 Å². The van der Waals surface area contributed by atoms with Crippen LogP contribution in [0.4, 0.5) is 5.69 Å². The van der Waals surface area contributed by atoms with Gasteiger partial charge in [-0.1, -0.05) is 0 Å². The highest BCUT2D eigenvalue weighted by Crippen LogP contribution is 2.49. The summed E-state index contributed by atoms with van der Waals surface area (Å²) in [6.07, 6.45) is 6.99. The highest BCUT2D eigenvalue weighted by Gasteiger charge is 2.50. The average Bonchev–Trinajstić information content (AvgIpc) is 2.74. The van der Waals surface area contributed by atoms with E-state index in [0.29, 0.717) is 11.3 Å². The number of nitrogens with zero attached hydrogens (tertiary/aromatic N) is 1. The van der Waals surface area contributed by atoms with Gasteiger partial charge in [-0.15, -0.1) is 0 Å². The summed E-state index contributed by atoms with van der Waals surface area (Å²) in [4.78, 5) is 39.1. The first-order valence-corrected chi connectivity index (χ1v) is 10.5. The average molecular weight is 384 g/mol. The van der Waals surface area contributed by atoms with E-state index in [4.69, 9.17) is 0 Å². The van der Waals surface area contributed by atoms with Gasteiger partial charge in [0.25, 0.3) is 5.91 Å². The lowest BCUT2D eigenvalue weighted by Crippen LogP contribution is -2.49. The quantitative estimate of drug-likeness (QED) is 0.833. The number of benzene rings is 1. The number of hydrogen-bond acceptors (Lipinski definition) is 3. The molecule has 3 saturated carbocycles. The zero-order chi connectivity index (χ0) is 19.7. The fraction of sp³-hybridized carbons (Fsp3) is 0.591. The normalized spacial score (nSPS) is 29.4. The number of nitrogens with one attached hydrogen (secondary N) is 1. The maximum Gasteiger partial charge on any atom is 0.307 e. The molecule has 1 aromatic rings. The fourth-order valence-corrected chi connectivity index (χ4v) is 5.38. The zero-order valence-electron chi connectivity index (χ0n) is 16.1. The van der Waals surface area contributed by atoms with Crippen LogP contribution < -0.4 is 5.32 Å². The number of rotatable bonds is 4. The molecular formula is C22H28N2O4. The van der Waals surface area contributed by atoms with Gasteiger partial charge < -0.3 is 15.3 Å². The van der Waals surface area contributed by atoms with Gasteiger partial charge in [0.05, 0.1) is 11.8 Å². The summed E-state index contributed by atoms with van der Waals surface area (Å²) in [6, 6.07) is 6.97. The smallest absolute Gasteiger partial charge is 0.307 e. The number of carbonyl (C=O) groups is 3. The summed E-state index contributed by atoms with van der Waals surface area (Å²) in [5.74, 6) is -1.78. The molecule has 4 fully saturated rings. The number of amides is 2. The van der Waals surface area contributed by atoms with E-state index < -0.39 is 17.8 Å². The number of carboxylic acids is 1. The van der Waals surface area contributed by atoms with Crippen molar-refractivity contribution in [3.63, 3.8) is 0 Å². The Balaban J connectivity index is 1.43. The lowest BCUT2D eigenvalue weighted by Gasteiger charge is -2.45. The minimum Gasteiger partial charge on any atom is -0.481 e. The molecule has 150 valence electrons. The predicted molar refractivity (Wildman–Crippen MR) is 105 cm³/mol. The van der Waals surface area contributed by atoms with Crippen molar-refractivity contribution in [3.05, 3.63) is 29.8 Å². The molecule has 2 atom stereocenters. The fourth-order valence-electron chi connectivity index (χ4n) is 5.38. The molecular weight excluding hydrogens is 356 g/mol. The molecule has 0 aromatic heterocycles. The second-order valence-corrected chi connectivity index (χ2v) is 8.48. The molecule has 1 heterocycles. The minimum absolute atomic E-state index is 0.0353. The third-order valence-corrected chi connectivity index (χ3v) is 6.85. The third kappa shape index (κ3) is 3.64. The van der Waals surface area contributed by atoms with Gasteiger partial charge in [-0.3, -0.25) is 14.4 Å². The van der Waals surface area contributed by atoms with Crippen molar-refractivity contribution >= 4 is 23.5 Å². The molecule has 5 rings (SSSR count). The van der Waals surface area contributed by atoms with E-state index in [1.54, 1.807) is 24.3 Å². The topological polar surface area (TPSA) is 86.7 Å². The lowest BCUT2D eigenvalue weighted by molar-refractivity contribution is -0.156. The Morgan fingerprint density at radius 1 is 0.857 bits per heavy atom. The minimum atomic E-state index is -0.850. The van der Waals surface area contributed by atoms with Crippen molar-refractivity contribution in [1.82, 2.24) is 4.90 Å². The number of anilines is 1. The summed E-state index contributed by atoms with van der Waals surface area (Å²) in [5.41, 5.74) is 1.24. The van der Waals surface area contributed by atoms with Crippen LogP contribution >= 0.6 is 0 Å². The Kier molecular flexibility index (Phi) is 5.38. The van der Waals surface area contributed by atoms with Crippen LogP contribution in [0.5, 0.6) is 0 Å². The monoisotopic (exact) mass is 384 g/mol. The molecule has 1 aliphatic heterocycles. The van der Waals surface area contributed by atoms with E-state index in [9.17, 15) is 19.5 Å². The summed E-state index contributed by atoms with van der Waals surface area (Å²) in [5, 5.41) is 12.5. The first kappa shape index (κ1) is 19.0. The van der Waals surface area contributed by atoms with Gasteiger partial charge in [0.15, 0.2) is 0 Å². The number of aliphatic carboxylic acids is 1. The predicted octanol–water partition coefficient (Wildman–Crippen LogP) is 3.39. The lowest BCUT2D eigenvalue weighted by atomic mass is 9.58. The molecule has 0 radical (unpaired) electrons. The molecule has 2 bridgehead atoms. The Morgan fingerprint density at radius 2 is 1.43 bits per heavy atom. The van der Waals surface area contributed by atoms with Gasteiger partial charge in [-0.25, -0.2) is 0 Å². The van der Waals surface area contributed by atoms with Crippen LogP contribution in [0.3, 0.4) is 0 Å². The molecule has 2 N–H and O–H groups in total. The maximum absolute atomic E-state index is 12.9. The first-order chi connectivity index (χ1) is 13.5. The van der Waals surface area contributed by atoms with Gasteiger partial charge in [0.1, 0.15) is 0 Å². The molecule has 6 heteroatoms. The molecule has 3 aliphatic carbocycles. The van der Waals surface area contributed by atoms with Crippen molar-refractivity contribution in [2.45, 2.75) is 44.9 Å². The first-order valence-electron chi connectivity index (χ1n) is 10.5. The van der Waals surface area contributed by atoms with Crippen LogP contribution in [0.2, 0.25) is 0 Å². The Labute approximate surface area is 165 Å². The number of carbonyl (C=O) groups excluding carboxylic acids is 2. The highest BCUT2D eigenvalue weighted by atomic mass is 16.4. The summed E-state index contributed by atoms with van der Waals surface area (Å²) in [6.45, 7) is 1.61. The second kappa shape index (κ2) is 7.94. The molecule has 4 aliphatic rings. The van der Waals surface area contributed by atoms with Crippen LogP contribution in [0.15, 0.2) is 24.3 Å². The summed E-state index contributed by atoms with van der Waals surface area (Å²) < 4.78 is 0. The summed E-state index contributed by atoms with van der Waals surface area (Å²) >= 11 is 0. The molecule has 1 saturated heterocycles. The van der Waals surface area contributed by atoms with E-state index in [1.165, 1.54) is 6.42 Å². The van der Waals surface area contributed by atoms with E-state index in [-0.39, 0.29) is 23.7 Å². The standard InChI is InChI=1S/C22H28N2O4/c25-20(18-14-4-6-15(7-5-14)19(18)22(27)28)23-17-10-8-16(9-11-17)21(26)24-12-2-1-3-13-24/h8-11,14-15,18-19H,1-7,12-13H2,(H,23,25)(H,27,28)/t14?,15?,18-,19-/m0/s1.